The molecule has 6 N–H and O–H groups in total. The van der Waals surface area contributed by atoms with E-state index in [0.29, 0.717) is 26.1 Å². The van der Waals surface area contributed by atoms with Crippen LogP contribution in [-0.4, -0.2) is 39.9 Å². The summed E-state index contributed by atoms with van der Waals surface area (Å²) in [5, 5.41) is 0. The van der Waals surface area contributed by atoms with E-state index in [1.807, 2.05) is 0 Å². The molecule has 4 aromatic rings. The van der Waals surface area contributed by atoms with E-state index in [2.05, 4.69) is 39.9 Å². The Morgan fingerprint density at radius 3 is 2.17 bits per heavy atom. The van der Waals surface area contributed by atoms with Gasteiger partial charge in [0.2, 0.25) is 5.95 Å². The zero-order chi connectivity index (χ0) is 14.8. The summed E-state index contributed by atoms with van der Waals surface area (Å²) in [5.74, 6) is 0.287. The predicted octanol–water partition coefficient (Wildman–Crippen LogP) is 1.61. The van der Waals surface area contributed by atoms with Crippen molar-refractivity contribution < 1.29 is 42.1 Å². The normalized spacial score (nSPS) is 9.57. The van der Waals surface area contributed by atoms with Crippen molar-refractivity contribution in [2.24, 2.45) is 0 Å². The number of nitrogens with two attached hydrogens (primary N) is 1. The van der Waals surface area contributed by atoms with Crippen molar-refractivity contribution >= 4 is 52.7 Å². The molecule has 0 saturated heterocycles. The van der Waals surface area contributed by atoms with E-state index in [1.54, 1.807) is 6.33 Å². The van der Waals surface area contributed by atoms with Crippen LogP contribution in [0, 0.1) is 9.28 Å². The molecule has 0 fully saturated rings. The first-order chi connectivity index (χ1) is 10.1. The Hall–Kier alpha value is -1.28. The number of imidazole rings is 2. The first-order valence-corrected chi connectivity index (χ1v) is 6.52. The average Bonchev–Trinajstić information content (AvgIpc) is 3.08. The van der Waals surface area contributed by atoms with Gasteiger partial charge in [-0.1, -0.05) is 24.4 Å². The zero-order valence-corrected chi connectivity index (χ0v) is 17.2. The fourth-order valence-electron chi connectivity index (χ4n) is 1.64. The summed E-state index contributed by atoms with van der Waals surface area (Å²) in [6, 6.07) is 0. The van der Waals surface area contributed by atoms with Crippen LogP contribution in [0.3, 0.4) is 0 Å². The molecule has 23 heavy (non-hydrogen) atoms. The quantitative estimate of drug-likeness (QED) is 0.175. The Balaban J connectivity index is 0.000000212. The first kappa shape index (κ1) is 19.8. The third kappa shape index (κ3) is 4.38. The van der Waals surface area contributed by atoms with Crippen LogP contribution in [0.5, 0.6) is 0 Å². The van der Waals surface area contributed by atoms with E-state index >= 15 is 0 Å². The van der Waals surface area contributed by atoms with Crippen molar-refractivity contribution in [3.05, 3.63) is 28.3 Å². The van der Waals surface area contributed by atoms with Gasteiger partial charge >= 0.3 is 0 Å². The molecule has 0 aliphatic rings. The molecule has 0 radical (unpaired) electrons. The Kier molecular flexibility index (Phi) is 7.33. The molecule has 0 bridgehead atoms. The molecule has 4 aromatic heterocycles. The van der Waals surface area contributed by atoms with Crippen LogP contribution in [0.1, 0.15) is 0 Å². The minimum Gasteiger partial charge on any atom is -0.369 e. The van der Waals surface area contributed by atoms with Gasteiger partial charge in [0.05, 0.1) is 19.0 Å². The van der Waals surface area contributed by atoms with Crippen molar-refractivity contribution in [1.29, 1.82) is 0 Å². The molecule has 0 aliphatic heterocycles. The number of nitrogens with one attached hydrogen (secondary N) is 4. The van der Waals surface area contributed by atoms with Crippen LogP contribution in [0.25, 0.3) is 22.3 Å². The van der Waals surface area contributed by atoms with E-state index < -0.39 is 0 Å². The monoisotopic (exact) mass is 709 g/mol. The summed E-state index contributed by atoms with van der Waals surface area (Å²) in [4.78, 5) is 26.9. The average molecular weight is 710 g/mol. The molecule has 0 amide bonds. The first-order valence-electron chi connectivity index (χ1n) is 5.71. The largest absolute Gasteiger partial charge is 0.369 e. The maximum absolute atomic E-state index is 5.40. The SMILES string of the molecule is Nc1nc(=S)c2[nH]cnc2[nH]1.S=c1[nH]cnc2nc[nH]c12.[Pt].[Pt]. The van der Waals surface area contributed by atoms with Crippen LogP contribution in [0.4, 0.5) is 5.95 Å². The van der Waals surface area contributed by atoms with Crippen molar-refractivity contribution in [2.75, 3.05) is 5.73 Å². The third-order valence-electron chi connectivity index (χ3n) is 2.55. The van der Waals surface area contributed by atoms with Crippen molar-refractivity contribution in [3.8, 4) is 0 Å². The Labute approximate surface area is 167 Å². The molecule has 0 saturated carbocycles. The number of hydrogen-bond acceptors (Lipinski definition) is 7. The van der Waals surface area contributed by atoms with Gasteiger partial charge in [0, 0.05) is 42.1 Å². The topological polar surface area (TPSA) is 141 Å². The fourth-order valence-corrected chi connectivity index (χ4v) is 2.10. The van der Waals surface area contributed by atoms with Crippen molar-refractivity contribution in [1.82, 2.24) is 39.9 Å². The fraction of sp³-hybridized carbons (Fsp3) is 0. The number of H-pyrrole nitrogens is 4. The summed E-state index contributed by atoms with van der Waals surface area (Å²) in [7, 11) is 0. The molecule has 0 unspecified atom stereocenters. The van der Waals surface area contributed by atoms with Crippen LogP contribution in [0.2, 0.25) is 0 Å². The maximum Gasteiger partial charge on any atom is 0.200 e. The second-order valence-electron chi connectivity index (χ2n) is 3.89. The van der Waals surface area contributed by atoms with Crippen molar-refractivity contribution in [3.63, 3.8) is 0 Å². The Morgan fingerprint density at radius 2 is 1.48 bits per heavy atom. The molecule has 4 rings (SSSR count). The van der Waals surface area contributed by atoms with Crippen LogP contribution < -0.4 is 5.73 Å². The molecule has 0 aromatic carbocycles. The summed E-state index contributed by atoms with van der Waals surface area (Å²) >= 11 is 9.85. The Bertz CT molecular complexity index is 1020. The summed E-state index contributed by atoms with van der Waals surface area (Å²) in [6.45, 7) is 0. The smallest absolute Gasteiger partial charge is 0.200 e. The molecule has 4 heterocycles. The van der Waals surface area contributed by atoms with Crippen molar-refractivity contribution in [2.45, 2.75) is 0 Å². The number of aromatic amines is 4. The van der Waals surface area contributed by atoms with Gasteiger partial charge in [-0.2, -0.15) is 0 Å². The molecular formula is C10H9N9Pt2S2. The van der Waals surface area contributed by atoms with Gasteiger partial charge in [0.25, 0.3) is 0 Å². The van der Waals surface area contributed by atoms with Gasteiger partial charge in [0.15, 0.2) is 15.9 Å². The number of fused-ring (bicyclic) bond motifs is 2. The minimum absolute atomic E-state index is 0. The van der Waals surface area contributed by atoms with Crippen LogP contribution in [-0.2, 0) is 42.1 Å². The van der Waals surface area contributed by atoms with Gasteiger partial charge < -0.3 is 25.7 Å². The number of nitrogens with zero attached hydrogens (tertiary/aromatic N) is 4. The molecule has 0 atom stereocenters. The van der Waals surface area contributed by atoms with E-state index in [1.165, 1.54) is 12.7 Å². The summed E-state index contributed by atoms with van der Waals surface area (Å²) in [5.41, 5.74) is 8.20. The van der Waals surface area contributed by atoms with Gasteiger partial charge in [-0.3, -0.25) is 0 Å². The second-order valence-corrected chi connectivity index (χ2v) is 4.68. The molecule has 126 valence electrons. The Morgan fingerprint density at radius 1 is 0.870 bits per heavy atom. The van der Waals surface area contributed by atoms with Crippen LogP contribution in [0.15, 0.2) is 19.0 Å². The molecular weight excluding hydrogens is 700 g/mol. The zero-order valence-electron chi connectivity index (χ0n) is 11.0. The number of nitrogen functional groups attached to an aromatic ring is 1. The van der Waals surface area contributed by atoms with Gasteiger partial charge in [-0.15, -0.1) is 0 Å². The molecule has 13 heteroatoms. The van der Waals surface area contributed by atoms with Gasteiger partial charge in [-0.25, -0.2) is 19.9 Å². The minimum atomic E-state index is 0. The number of rotatable bonds is 0. The van der Waals surface area contributed by atoms with Crippen LogP contribution >= 0.6 is 24.4 Å². The summed E-state index contributed by atoms with van der Waals surface area (Å²) < 4.78 is 1.08. The van der Waals surface area contributed by atoms with Gasteiger partial charge in [-0.05, 0) is 0 Å². The van der Waals surface area contributed by atoms with E-state index in [0.717, 1.165) is 5.52 Å². The maximum atomic E-state index is 5.40. The van der Waals surface area contributed by atoms with E-state index in [4.69, 9.17) is 30.2 Å². The third-order valence-corrected chi connectivity index (χ3v) is 3.17. The summed E-state index contributed by atoms with van der Waals surface area (Å²) in [6.07, 6.45) is 4.64. The predicted molar refractivity (Wildman–Crippen MR) is 82.6 cm³/mol. The standard InChI is InChI=1S/C5H5N5S.C5H4N4S.2Pt/c6-5-9-3-2(4(11)10-5)7-1-8-3;10-5-3-4(7-1-6-3)8-2-9-5;;/h1H,(H4,6,7,8,9,10,11);1-2H,(H2,6,7,8,9,10);;. The molecule has 9 nitrogen and oxygen atoms in total. The molecule has 0 spiro atoms. The second kappa shape index (κ2) is 8.54. The van der Waals surface area contributed by atoms with E-state index in [9.17, 15) is 0 Å². The molecule has 0 aliphatic carbocycles. The number of aromatic nitrogens is 8. The van der Waals surface area contributed by atoms with E-state index in [-0.39, 0.29) is 48.1 Å². The van der Waals surface area contributed by atoms with Gasteiger partial charge in [0.1, 0.15) is 15.7 Å². The number of hydrogen-bond donors (Lipinski definition) is 5. The number of anilines is 1.